The zero-order chi connectivity index (χ0) is 17.7. The third-order valence-electron chi connectivity index (χ3n) is 5.45. The summed E-state index contributed by atoms with van der Waals surface area (Å²) in [6.45, 7) is 12.6. The third kappa shape index (κ3) is 4.70. The second-order valence-electron chi connectivity index (χ2n) is 7.90. The molecule has 1 unspecified atom stereocenters. The van der Waals surface area contributed by atoms with E-state index in [1.807, 2.05) is 11.8 Å². The van der Waals surface area contributed by atoms with E-state index in [-0.39, 0.29) is 11.8 Å². The molecule has 138 valence electrons. The molecule has 2 heterocycles. The number of carbonyl (C=O) groups is 2. The lowest BCUT2D eigenvalue weighted by atomic mass is 9.97. The molecule has 0 aromatic heterocycles. The van der Waals surface area contributed by atoms with Gasteiger partial charge >= 0.3 is 0 Å². The molecule has 6 heteroatoms. The van der Waals surface area contributed by atoms with Crippen LogP contribution in [0, 0.1) is 5.92 Å². The Bertz CT molecular complexity index is 446. The second kappa shape index (κ2) is 8.30. The SMILES string of the molecule is CC(C)CCNC(=O)C1(C)CCC(=O)N1CCN1CCN(C)CC1. The lowest BCUT2D eigenvalue weighted by molar-refractivity contribution is -0.140. The Kier molecular flexibility index (Phi) is 6.63. The largest absolute Gasteiger partial charge is 0.354 e. The van der Waals surface area contributed by atoms with Gasteiger partial charge in [-0.05, 0) is 32.7 Å². The number of hydrogen-bond donors (Lipinski definition) is 1. The molecule has 1 N–H and O–H groups in total. The van der Waals surface area contributed by atoms with Gasteiger partial charge in [0.05, 0.1) is 0 Å². The highest BCUT2D eigenvalue weighted by molar-refractivity contribution is 5.94. The number of likely N-dealkylation sites (tertiary alicyclic amines) is 1. The molecule has 2 aliphatic heterocycles. The van der Waals surface area contributed by atoms with Crippen LogP contribution in [0.5, 0.6) is 0 Å². The number of amides is 2. The quantitative estimate of drug-likeness (QED) is 0.745. The molecule has 2 saturated heterocycles. The van der Waals surface area contributed by atoms with Crippen molar-refractivity contribution in [1.82, 2.24) is 20.0 Å². The number of hydrogen-bond acceptors (Lipinski definition) is 4. The molecule has 0 spiro atoms. The molecule has 1 atom stereocenters. The molecule has 0 aromatic carbocycles. The fraction of sp³-hybridized carbons (Fsp3) is 0.889. The third-order valence-corrected chi connectivity index (χ3v) is 5.45. The van der Waals surface area contributed by atoms with Crippen molar-refractivity contribution >= 4 is 11.8 Å². The number of nitrogens with one attached hydrogen (secondary N) is 1. The normalized spacial score (nSPS) is 26.4. The maximum absolute atomic E-state index is 12.7. The average Bonchev–Trinajstić information content (AvgIpc) is 2.83. The van der Waals surface area contributed by atoms with Crippen molar-refractivity contribution in [3.05, 3.63) is 0 Å². The van der Waals surface area contributed by atoms with Crippen LogP contribution in [0.1, 0.15) is 40.0 Å². The first kappa shape index (κ1) is 19.2. The number of rotatable bonds is 7. The van der Waals surface area contributed by atoms with Gasteiger partial charge in [0, 0.05) is 52.2 Å². The topological polar surface area (TPSA) is 55.9 Å². The smallest absolute Gasteiger partial charge is 0.245 e. The van der Waals surface area contributed by atoms with Crippen LogP contribution in [-0.4, -0.2) is 84.9 Å². The van der Waals surface area contributed by atoms with Gasteiger partial charge < -0.3 is 15.1 Å². The van der Waals surface area contributed by atoms with E-state index < -0.39 is 5.54 Å². The Hall–Kier alpha value is -1.14. The Morgan fingerprint density at radius 2 is 1.88 bits per heavy atom. The van der Waals surface area contributed by atoms with E-state index in [0.717, 1.165) is 39.1 Å². The molecular weight excluding hydrogens is 304 g/mol. The molecule has 2 amide bonds. The zero-order valence-electron chi connectivity index (χ0n) is 15.8. The summed E-state index contributed by atoms with van der Waals surface area (Å²) in [6.07, 6.45) is 2.08. The number of carbonyl (C=O) groups excluding carboxylic acids is 2. The van der Waals surface area contributed by atoms with Gasteiger partial charge in [0.2, 0.25) is 11.8 Å². The Morgan fingerprint density at radius 3 is 2.50 bits per heavy atom. The van der Waals surface area contributed by atoms with Crippen molar-refractivity contribution in [2.45, 2.75) is 45.6 Å². The molecule has 0 aromatic rings. The molecule has 0 aliphatic carbocycles. The summed E-state index contributed by atoms with van der Waals surface area (Å²) in [7, 11) is 2.14. The molecule has 2 aliphatic rings. The van der Waals surface area contributed by atoms with Gasteiger partial charge in [-0.1, -0.05) is 13.8 Å². The van der Waals surface area contributed by atoms with E-state index in [2.05, 4.69) is 36.0 Å². The van der Waals surface area contributed by atoms with E-state index in [1.54, 1.807) is 0 Å². The Morgan fingerprint density at radius 1 is 1.21 bits per heavy atom. The van der Waals surface area contributed by atoms with E-state index in [9.17, 15) is 9.59 Å². The minimum absolute atomic E-state index is 0.00683. The Balaban J connectivity index is 1.88. The van der Waals surface area contributed by atoms with Crippen LogP contribution in [-0.2, 0) is 9.59 Å². The van der Waals surface area contributed by atoms with Crippen LogP contribution < -0.4 is 5.32 Å². The van der Waals surface area contributed by atoms with E-state index in [4.69, 9.17) is 0 Å². The highest BCUT2D eigenvalue weighted by Gasteiger charge is 2.46. The van der Waals surface area contributed by atoms with Crippen LogP contribution in [0.15, 0.2) is 0 Å². The van der Waals surface area contributed by atoms with Crippen LogP contribution in [0.2, 0.25) is 0 Å². The monoisotopic (exact) mass is 338 g/mol. The predicted octanol–water partition coefficient (Wildman–Crippen LogP) is 0.777. The minimum Gasteiger partial charge on any atom is -0.354 e. The number of likely N-dealkylation sites (N-methyl/N-ethyl adjacent to an activating group) is 1. The highest BCUT2D eigenvalue weighted by Crippen LogP contribution is 2.30. The maximum atomic E-state index is 12.7. The second-order valence-corrected chi connectivity index (χ2v) is 7.90. The first-order valence-corrected chi connectivity index (χ1v) is 9.32. The summed E-state index contributed by atoms with van der Waals surface area (Å²) in [5.74, 6) is 0.690. The molecule has 0 saturated carbocycles. The summed E-state index contributed by atoms with van der Waals surface area (Å²) in [5.41, 5.74) is -0.680. The van der Waals surface area contributed by atoms with Crippen LogP contribution in [0.3, 0.4) is 0 Å². The average molecular weight is 338 g/mol. The van der Waals surface area contributed by atoms with Crippen molar-refractivity contribution in [3.8, 4) is 0 Å². The lowest BCUT2D eigenvalue weighted by Gasteiger charge is -2.37. The number of nitrogens with zero attached hydrogens (tertiary/aromatic N) is 3. The van der Waals surface area contributed by atoms with Gasteiger partial charge in [-0.15, -0.1) is 0 Å². The molecule has 0 radical (unpaired) electrons. The van der Waals surface area contributed by atoms with Crippen molar-refractivity contribution < 1.29 is 9.59 Å². The van der Waals surface area contributed by atoms with Crippen molar-refractivity contribution in [2.24, 2.45) is 5.92 Å². The van der Waals surface area contributed by atoms with Crippen molar-refractivity contribution in [3.63, 3.8) is 0 Å². The van der Waals surface area contributed by atoms with Gasteiger partial charge in [0.25, 0.3) is 0 Å². The number of piperazine rings is 1. The first-order chi connectivity index (χ1) is 11.3. The van der Waals surface area contributed by atoms with Gasteiger partial charge in [-0.25, -0.2) is 0 Å². The summed E-state index contributed by atoms with van der Waals surface area (Å²) in [5, 5.41) is 3.04. The van der Waals surface area contributed by atoms with E-state index in [0.29, 0.717) is 31.8 Å². The van der Waals surface area contributed by atoms with Gasteiger partial charge in [0.1, 0.15) is 5.54 Å². The lowest BCUT2D eigenvalue weighted by Crippen LogP contribution is -2.57. The van der Waals surface area contributed by atoms with Crippen LogP contribution in [0.25, 0.3) is 0 Å². The first-order valence-electron chi connectivity index (χ1n) is 9.32. The summed E-state index contributed by atoms with van der Waals surface area (Å²) < 4.78 is 0. The summed E-state index contributed by atoms with van der Waals surface area (Å²) in [6, 6.07) is 0. The van der Waals surface area contributed by atoms with Crippen molar-refractivity contribution in [1.29, 1.82) is 0 Å². The molecule has 2 rings (SSSR count). The van der Waals surface area contributed by atoms with Gasteiger partial charge in [-0.3, -0.25) is 14.5 Å². The fourth-order valence-corrected chi connectivity index (χ4v) is 3.48. The summed E-state index contributed by atoms with van der Waals surface area (Å²) in [4.78, 5) is 31.5. The highest BCUT2D eigenvalue weighted by atomic mass is 16.2. The minimum atomic E-state index is -0.680. The van der Waals surface area contributed by atoms with Crippen molar-refractivity contribution in [2.75, 3.05) is 52.9 Å². The molecule has 0 bridgehead atoms. The standard InChI is InChI=1S/C18H34N4O2/c1-15(2)6-8-19-17(24)18(3)7-5-16(23)22(18)14-13-21-11-9-20(4)10-12-21/h15H,5-14H2,1-4H3,(H,19,24). The fourth-order valence-electron chi connectivity index (χ4n) is 3.48. The van der Waals surface area contributed by atoms with E-state index in [1.165, 1.54) is 0 Å². The molecule has 6 nitrogen and oxygen atoms in total. The van der Waals surface area contributed by atoms with Crippen LogP contribution in [0.4, 0.5) is 0 Å². The van der Waals surface area contributed by atoms with E-state index >= 15 is 0 Å². The zero-order valence-corrected chi connectivity index (χ0v) is 15.8. The summed E-state index contributed by atoms with van der Waals surface area (Å²) >= 11 is 0. The molecule has 2 fully saturated rings. The Labute approximate surface area is 146 Å². The molecular formula is C18H34N4O2. The van der Waals surface area contributed by atoms with Gasteiger partial charge in [-0.2, -0.15) is 0 Å². The predicted molar refractivity (Wildman–Crippen MR) is 95.8 cm³/mol. The van der Waals surface area contributed by atoms with Crippen LogP contribution >= 0.6 is 0 Å². The maximum Gasteiger partial charge on any atom is 0.245 e. The molecule has 24 heavy (non-hydrogen) atoms. The van der Waals surface area contributed by atoms with Gasteiger partial charge in [0.15, 0.2) is 0 Å².